The van der Waals surface area contributed by atoms with Gasteiger partial charge in [0.15, 0.2) is 11.5 Å². The van der Waals surface area contributed by atoms with Crippen LogP contribution in [-0.4, -0.2) is 37.0 Å². The van der Waals surface area contributed by atoms with Crippen LogP contribution in [0.5, 0.6) is 0 Å². The van der Waals surface area contributed by atoms with Crippen molar-refractivity contribution in [1.29, 1.82) is 0 Å². The highest BCUT2D eigenvalue weighted by Gasteiger charge is 2.22. The molecule has 0 amide bonds. The number of halogens is 1. The van der Waals surface area contributed by atoms with Crippen LogP contribution in [0, 0.1) is 0 Å². The third kappa shape index (κ3) is 2.36. The highest BCUT2D eigenvalue weighted by molar-refractivity contribution is 6.28. The summed E-state index contributed by atoms with van der Waals surface area (Å²) in [6, 6.07) is 10.3. The molecule has 0 spiro atoms. The first-order valence-corrected chi connectivity index (χ1v) is 9.31. The Labute approximate surface area is 156 Å². The largest absolute Gasteiger partial charge is 0.355 e. The molecule has 1 aliphatic rings. The minimum atomic E-state index is 0.254. The molecule has 132 valence electrons. The van der Waals surface area contributed by atoms with Crippen molar-refractivity contribution >= 4 is 34.4 Å². The predicted molar refractivity (Wildman–Crippen MR) is 104 cm³/mol. The van der Waals surface area contributed by atoms with E-state index in [1.165, 1.54) is 19.3 Å². The van der Waals surface area contributed by atoms with Crippen LogP contribution in [0.3, 0.4) is 0 Å². The molecule has 6 nitrogen and oxygen atoms in total. The fourth-order valence-corrected chi connectivity index (χ4v) is 3.99. The lowest BCUT2D eigenvalue weighted by molar-refractivity contribution is 0.574. The number of aryl methyl sites for hydroxylation is 1. The maximum Gasteiger partial charge on any atom is 0.226 e. The first kappa shape index (κ1) is 15.6. The number of rotatable bonds is 2. The molecule has 1 saturated heterocycles. The lowest BCUT2D eigenvalue weighted by atomic mass is 10.1. The van der Waals surface area contributed by atoms with E-state index < -0.39 is 0 Å². The number of benzene rings is 1. The van der Waals surface area contributed by atoms with Crippen molar-refractivity contribution < 1.29 is 0 Å². The molecule has 0 atom stereocenters. The molecule has 0 saturated carbocycles. The van der Waals surface area contributed by atoms with Crippen molar-refractivity contribution in [3.8, 4) is 11.3 Å². The highest BCUT2D eigenvalue weighted by atomic mass is 35.5. The molecule has 0 bridgehead atoms. The zero-order valence-electron chi connectivity index (χ0n) is 14.6. The van der Waals surface area contributed by atoms with E-state index in [9.17, 15) is 0 Å². The quantitative estimate of drug-likeness (QED) is 0.504. The molecule has 26 heavy (non-hydrogen) atoms. The fourth-order valence-electron chi connectivity index (χ4n) is 3.83. The van der Waals surface area contributed by atoms with E-state index in [0.717, 1.165) is 41.5 Å². The Morgan fingerprint density at radius 2 is 1.73 bits per heavy atom. The van der Waals surface area contributed by atoms with Gasteiger partial charge in [0.25, 0.3) is 0 Å². The monoisotopic (exact) mass is 366 g/mol. The van der Waals surface area contributed by atoms with E-state index >= 15 is 0 Å². The summed E-state index contributed by atoms with van der Waals surface area (Å²) < 4.78 is 4.18. The van der Waals surface area contributed by atoms with E-state index in [1.54, 1.807) is 0 Å². The van der Waals surface area contributed by atoms with E-state index in [0.29, 0.717) is 5.65 Å². The van der Waals surface area contributed by atoms with Gasteiger partial charge in [0.05, 0.1) is 5.69 Å². The summed E-state index contributed by atoms with van der Waals surface area (Å²) >= 11 is 6.20. The average Bonchev–Trinajstić information content (AvgIpc) is 3.19. The number of aromatic nitrogens is 5. The molecule has 0 radical (unpaired) electrons. The van der Waals surface area contributed by atoms with Crippen molar-refractivity contribution in [3.05, 3.63) is 41.8 Å². The van der Waals surface area contributed by atoms with Crippen molar-refractivity contribution in [1.82, 2.24) is 23.9 Å². The van der Waals surface area contributed by atoms with Gasteiger partial charge in [-0.05, 0) is 36.4 Å². The van der Waals surface area contributed by atoms with Crippen LogP contribution in [0.15, 0.2) is 36.5 Å². The van der Waals surface area contributed by atoms with Gasteiger partial charge in [-0.1, -0.05) is 30.3 Å². The Hall–Kier alpha value is -2.60. The van der Waals surface area contributed by atoms with Gasteiger partial charge in [-0.2, -0.15) is 15.0 Å². The molecule has 0 aliphatic carbocycles. The average molecular weight is 367 g/mol. The normalized spacial score (nSPS) is 15.2. The Bertz CT molecular complexity index is 1090. The number of anilines is 1. The van der Waals surface area contributed by atoms with Gasteiger partial charge in [-0.15, -0.1) is 0 Å². The number of nitrogens with zero attached hydrogens (tertiary/aromatic N) is 6. The zero-order chi connectivity index (χ0) is 17.7. The molecule has 4 aromatic rings. The third-order valence-corrected chi connectivity index (χ3v) is 5.29. The smallest absolute Gasteiger partial charge is 0.226 e. The minimum Gasteiger partial charge on any atom is -0.355 e. The first-order valence-electron chi connectivity index (χ1n) is 8.94. The summed E-state index contributed by atoms with van der Waals surface area (Å²) in [5.74, 6) is 1.73. The third-order valence-electron chi connectivity index (χ3n) is 5.12. The Kier molecular flexibility index (Phi) is 3.60. The second-order valence-corrected chi connectivity index (χ2v) is 7.10. The molecule has 4 heterocycles. The van der Waals surface area contributed by atoms with Crippen LogP contribution in [-0.2, 0) is 7.05 Å². The second-order valence-electron chi connectivity index (χ2n) is 6.76. The number of imidazole rings is 2. The SMILES string of the molecule is Cn1c(-c2ccccc2)cn2c3c(N4CCCCC4)nc(Cl)nc3nc12. The van der Waals surface area contributed by atoms with Crippen LogP contribution in [0.2, 0.25) is 5.28 Å². The van der Waals surface area contributed by atoms with Gasteiger partial charge >= 0.3 is 0 Å². The lowest BCUT2D eigenvalue weighted by Crippen LogP contribution is -2.30. The van der Waals surface area contributed by atoms with E-state index in [2.05, 4.69) is 42.2 Å². The summed E-state index contributed by atoms with van der Waals surface area (Å²) in [7, 11) is 2.03. The molecule has 1 fully saturated rings. The highest BCUT2D eigenvalue weighted by Crippen LogP contribution is 2.31. The van der Waals surface area contributed by atoms with Gasteiger partial charge in [0.2, 0.25) is 11.1 Å². The zero-order valence-corrected chi connectivity index (χ0v) is 15.3. The van der Waals surface area contributed by atoms with E-state index in [1.807, 2.05) is 25.2 Å². The van der Waals surface area contributed by atoms with Crippen LogP contribution < -0.4 is 4.90 Å². The molecule has 0 unspecified atom stereocenters. The number of hydrogen-bond donors (Lipinski definition) is 0. The Balaban J connectivity index is 1.77. The molecular formula is C19H19ClN6. The number of hydrogen-bond acceptors (Lipinski definition) is 4. The number of fused-ring (bicyclic) bond motifs is 3. The predicted octanol–water partition coefficient (Wildman–Crippen LogP) is 3.93. The van der Waals surface area contributed by atoms with Crippen LogP contribution >= 0.6 is 11.6 Å². The maximum absolute atomic E-state index is 6.20. The molecule has 1 aromatic carbocycles. The molecule has 7 heteroatoms. The summed E-state index contributed by atoms with van der Waals surface area (Å²) in [5, 5.41) is 0.254. The van der Waals surface area contributed by atoms with Crippen molar-refractivity contribution in [2.75, 3.05) is 18.0 Å². The first-order chi connectivity index (χ1) is 12.7. The van der Waals surface area contributed by atoms with Crippen molar-refractivity contribution in [2.24, 2.45) is 7.05 Å². The van der Waals surface area contributed by atoms with Crippen molar-refractivity contribution in [3.63, 3.8) is 0 Å². The number of piperidine rings is 1. The second kappa shape index (κ2) is 5.99. The molecule has 0 N–H and O–H groups in total. The standard InChI is InChI=1S/C19H19ClN6/c1-24-14(13-8-4-2-5-9-13)12-26-15-16(22-19(24)26)21-18(20)23-17(15)25-10-6-3-7-11-25/h2,4-5,8-9,12H,3,6-7,10-11H2,1H3. The summed E-state index contributed by atoms with van der Waals surface area (Å²) in [4.78, 5) is 16.0. The lowest BCUT2D eigenvalue weighted by Gasteiger charge is -2.27. The minimum absolute atomic E-state index is 0.254. The van der Waals surface area contributed by atoms with E-state index in [-0.39, 0.29) is 5.28 Å². The van der Waals surface area contributed by atoms with Crippen LogP contribution in [0.4, 0.5) is 5.82 Å². The Morgan fingerprint density at radius 1 is 0.962 bits per heavy atom. The van der Waals surface area contributed by atoms with Crippen LogP contribution in [0.1, 0.15) is 19.3 Å². The summed E-state index contributed by atoms with van der Waals surface area (Å²) in [6.45, 7) is 1.99. The Morgan fingerprint density at radius 3 is 2.50 bits per heavy atom. The topological polar surface area (TPSA) is 51.2 Å². The molecule has 1 aliphatic heterocycles. The van der Waals surface area contributed by atoms with Gasteiger partial charge < -0.3 is 9.47 Å². The van der Waals surface area contributed by atoms with Gasteiger partial charge in [0, 0.05) is 26.3 Å². The van der Waals surface area contributed by atoms with E-state index in [4.69, 9.17) is 16.6 Å². The van der Waals surface area contributed by atoms with Gasteiger partial charge in [0.1, 0.15) is 5.52 Å². The fraction of sp³-hybridized carbons (Fsp3) is 0.316. The van der Waals surface area contributed by atoms with Gasteiger partial charge in [-0.3, -0.25) is 4.40 Å². The van der Waals surface area contributed by atoms with Gasteiger partial charge in [-0.25, -0.2) is 0 Å². The van der Waals surface area contributed by atoms with Crippen molar-refractivity contribution in [2.45, 2.75) is 19.3 Å². The maximum atomic E-state index is 6.20. The van der Waals surface area contributed by atoms with Crippen LogP contribution in [0.25, 0.3) is 28.2 Å². The summed E-state index contributed by atoms with van der Waals surface area (Å²) in [6.07, 6.45) is 5.73. The molecular weight excluding hydrogens is 348 g/mol. The molecule has 3 aromatic heterocycles. The summed E-state index contributed by atoms with van der Waals surface area (Å²) in [5.41, 5.74) is 3.84. The molecule has 5 rings (SSSR count).